The van der Waals surface area contributed by atoms with Crippen LogP contribution in [0.15, 0.2) is 35.3 Å². The molecule has 0 spiro atoms. The van der Waals surface area contributed by atoms with E-state index in [-0.39, 0.29) is 43.1 Å². The van der Waals surface area contributed by atoms with E-state index in [4.69, 9.17) is 15.2 Å². The van der Waals surface area contributed by atoms with Gasteiger partial charge in [0.1, 0.15) is 18.3 Å². The number of hydrogen-bond donors (Lipinski definition) is 6. The lowest BCUT2D eigenvalue weighted by molar-refractivity contribution is -0.146. The van der Waals surface area contributed by atoms with Crippen molar-refractivity contribution < 1.29 is 29.0 Å². The number of nitrogens with one attached hydrogen (secondary N) is 4. The first-order valence-electron chi connectivity index (χ1n) is 16.1. The maximum absolute atomic E-state index is 12.7. The van der Waals surface area contributed by atoms with Gasteiger partial charge in [-0.3, -0.25) is 19.4 Å². The topological polar surface area (TPSA) is 202 Å². The van der Waals surface area contributed by atoms with Crippen LogP contribution in [0.2, 0.25) is 0 Å². The van der Waals surface area contributed by atoms with Crippen LogP contribution >= 0.6 is 0 Å². The summed E-state index contributed by atoms with van der Waals surface area (Å²) in [7, 11) is 0. The molecule has 13 nitrogen and oxygen atoms in total. The normalized spacial score (nSPS) is 13.3. The van der Waals surface area contributed by atoms with Crippen LogP contribution in [0, 0.1) is 5.92 Å². The van der Waals surface area contributed by atoms with E-state index in [1.165, 1.54) is 6.42 Å². The predicted octanol–water partition coefficient (Wildman–Crippen LogP) is 3.34. The molecule has 3 rings (SSSR count). The fraction of sp³-hybridized carbons (Fsp3) is 0.545. The van der Waals surface area contributed by atoms with Gasteiger partial charge in [0.25, 0.3) is 11.5 Å². The van der Waals surface area contributed by atoms with Crippen molar-refractivity contribution in [1.29, 1.82) is 0 Å². The molecule has 3 unspecified atom stereocenters. The van der Waals surface area contributed by atoms with E-state index in [0.29, 0.717) is 42.4 Å². The first-order valence-corrected chi connectivity index (χ1v) is 16.1. The Kier molecular flexibility index (Phi) is 14.7. The van der Waals surface area contributed by atoms with Crippen LogP contribution in [0.25, 0.3) is 11.0 Å². The summed E-state index contributed by atoms with van der Waals surface area (Å²) in [6, 6.07) is 5.96. The molecule has 0 radical (unpaired) electrons. The highest BCUT2D eigenvalue weighted by atomic mass is 16.6. The number of nitrogens with two attached hydrogens (primary N) is 1. The Morgan fingerprint density at radius 3 is 2.46 bits per heavy atom. The number of benzene rings is 1. The molecule has 46 heavy (non-hydrogen) atoms. The zero-order valence-electron chi connectivity index (χ0n) is 27.0. The molecule has 7 N–H and O–H groups in total. The number of hydrogen-bond acceptors (Lipinski definition) is 9. The molecule has 0 fully saturated rings. The lowest BCUT2D eigenvalue weighted by atomic mass is 9.93. The number of nitrogens with zero attached hydrogens (tertiary/aromatic N) is 1. The van der Waals surface area contributed by atoms with Gasteiger partial charge in [-0.2, -0.15) is 4.98 Å². The zero-order valence-corrected chi connectivity index (χ0v) is 27.0. The molecule has 0 bridgehead atoms. The van der Waals surface area contributed by atoms with Gasteiger partial charge in [-0.05, 0) is 61.3 Å². The van der Waals surface area contributed by atoms with Crippen molar-refractivity contribution in [2.45, 2.75) is 84.2 Å². The van der Waals surface area contributed by atoms with E-state index in [9.17, 15) is 24.3 Å². The van der Waals surface area contributed by atoms with Crippen molar-refractivity contribution in [2.75, 3.05) is 32.1 Å². The molecular formula is C33H48N6O7. The first-order chi connectivity index (χ1) is 22.1. The Hall–Kier alpha value is -4.23. The number of aliphatic carboxylic acids is 1. The van der Waals surface area contributed by atoms with Gasteiger partial charge < -0.3 is 35.9 Å². The number of carboxylic acids is 1. The summed E-state index contributed by atoms with van der Waals surface area (Å²) in [5, 5.41) is 16.1. The number of rotatable bonds is 21. The molecule has 252 valence electrons. The molecule has 0 saturated heterocycles. The molecule has 0 aliphatic carbocycles. The smallest absolute Gasteiger partial charge is 0.326 e. The predicted molar refractivity (Wildman–Crippen MR) is 176 cm³/mol. The second-order valence-electron chi connectivity index (χ2n) is 11.5. The number of aryl methyl sites for hydroxylation is 2. The first kappa shape index (κ1) is 36.2. The van der Waals surface area contributed by atoms with Gasteiger partial charge in [-0.15, -0.1) is 0 Å². The van der Waals surface area contributed by atoms with Crippen LogP contribution in [0.5, 0.6) is 0 Å². The van der Waals surface area contributed by atoms with Crippen LogP contribution in [-0.4, -0.2) is 76.4 Å². The van der Waals surface area contributed by atoms with Gasteiger partial charge in [0.15, 0.2) is 0 Å². The average Bonchev–Trinajstić information content (AvgIpc) is 3.44. The average molecular weight is 641 g/mol. The minimum Gasteiger partial charge on any atom is -0.480 e. The molecule has 3 aromatic rings. The van der Waals surface area contributed by atoms with E-state index in [1.54, 1.807) is 30.5 Å². The minimum absolute atomic E-state index is 0.0394. The third-order valence-corrected chi connectivity index (χ3v) is 7.96. The quantitative estimate of drug-likeness (QED) is 0.0741. The minimum atomic E-state index is -1.25. The molecule has 13 heteroatoms. The van der Waals surface area contributed by atoms with E-state index in [0.717, 1.165) is 36.9 Å². The fourth-order valence-corrected chi connectivity index (χ4v) is 5.44. The van der Waals surface area contributed by atoms with E-state index < -0.39 is 23.9 Å². The fourth-order valence-electron chi connectivity index (χ4n) is 5.44. The van der Waals surface area contributed by atoms with Crippen LogP contribution in [-0.2, 0) is 31.9 Å². The molecule has 2 heterocycles. The van der Waals surface area contributed by atoms with Gasteiger partial charge >= 0.3 is 11.9 Å². The van der Waals surface area contributed by atoms with Crippen LogP contribution < -0.4 is 21.9 Å². The number of aromatic nitrogens is 3. The number of esters is 1. The van der Waals surface area contributed by atoms with Gasteiger partial charge in [-0.1, -0.05) is 45.7 Å². The molecule has 1 amide bonds. The summed E-state index contributed by atoms with van der Waals surface area (Å²) in [5.41, 5.74) is 7.70. The second-order valence-corrected chi connectivity index (χ2v) is 11.5. The largest absolute Gasteiger partial charge is 0.480 e. The van der Waals surface area contributed by atoms with Crippen molar-refractivity contribution in [3.05, 3.63) is 57.5 Å². The van der Waals surface area contributed by atoms with Crippen molar-refractivity contribution in [2.24, 2.45) is 5.92 Å². The van der Waals surface area contributed by atoms with E-state index >= 15 is 0 Å². The molecule has 0 aliphatic heterocycles. The maximum Gasteiger partial charge on any atom is 0.326 e. The van der Waals surface area contributed by atoms with E-state index in [2.05, 4.69) is 46.4 Å². The van der Waals surface area contributed by atoms with Crippen LogP contribution in [0.4, 0.5) is 5.95 Å². The Morgan fingerprint density at radius 1 is 1.02 bits per heavy atom. The number of anilines is 1. The number of fused-ring (bicyclic) bond motifs is 1. The number of aromatic amines is 2. The van der Waals surface area contributed by atoms with Crippen molar-refractivity contribution in [3.8, 4) is 0 Å². The lowest BCUT2D eigenvalue weighted by Crippen LogP contribution is -2.41. The van der Waals surface area contributed by atoms with E-state index in [1.807, 2.05) is 0 Å². The Bertz CT molecular complexity index is 1470. The second kappa shape index (κ2) is 18.7. The highest BCUT2D eigenvalue weighted by molar-refractivity contribution is 5.96. The SMILES string of the molecule is CCCC(C)C(CCC)NCCOCCOC(=O)CCC(NC(=O)c1ccc(CCc2c[nH]c3nc(N)[nH]c(=O)c23)cc1)C(=O)O. The summed E-state index contributed by atoms with van der Waals surface area (Å²) >= 11 is 0. The highest BCUT2D eigenvalue weighted by Crippen LogP contribution is 2.17. The zero-order chi connectivity index (χ0) is 33.5. The Balaban J connectivity index is 1.36. The van der Waals surface area contributed by atoms with Crippen LogP contribution in [0.3, 0.4) is 0 Å². The van der Waals surface area contributed by atoms with Crippen molar-refractivity contribution in [3.63, 3.8) is 0 Å². The summed E-state index contributed by atoms with van der Waals surface area (Å²) < 4.78 is 10.7. The molecule has 1 aromatic carbocycles. The maximum atomic E-state index is 12.7. The third-order valence-electron chi connectivity index (χ3n) is 7.96. The summed E-state index contributed by atoms with van der Waals surface area (Å²) in [6.07, 6.45) is 7.19. The summed E-state index contributed by atoms with van der Waals surface area (Å²) in [4.78, 5) is 58.5. The number of amides is 1. The monoisotopic (exact) mass is 640 g/mol. The van der Waals surface area contributed by atoms with Gasteiger partial charge in [0.05, 0.1) is 18.6 Å². The van der Waals surface area contributed by atoms with Gasteiger partial charge in [0.2, 0.25) is 5.95 Å². The molecule has 3 atom stereocenters. The Labute approximate surface area is 269 Å². The van der Waals surface area contributed by atoms with Gasteiger partial charge in [-0.25, -0.2) is 4.79 Å². The molecule has 2 aromatic heterocycles. The molecule has 0 saturated carbocycles. The number of nitrogen functional groups attached to an aromatic ring is 1. The number of ether oxygens (including phenoxy) is 2. The number of carbonyl (C=O) groups excluding carboxylic acids is 2. The summed E-state index contributed by atoms with van der Waals surface area (Å²) in [5.74, 6) is -1.72. The standard InChI is InChI=1S/C33H48N6O7/c1-4-6-21(3)25(7-5-2)35-16-17-45-18-19-46-27(40)15-14-26(32(43)44)37-30(41)23-11-8-22(9-12-23)10-13-24-20-36-29-28(24)31(42)39-33(34)38-29/h8-9,11-12,20-21,25-26,35H,4-7,10,13-19H2,1-3H3,(H,37,41)(H,43,44)(H4,34,36,38,39,42). The third kappa shape index (κ3) is 11.3. The molecule has 0 aliphatic rings. The number of carboxylic acid groups (broad SMARTS) is 1. The van der Waals surface area contributed by atoms with Crippen LogP contribution in [0.1, 0.15) is 80.8 Å². The van der Waals surface area contributed by atoms with Crippen molar-refractivity contribution in [1.82, 2.24) is 25.6 Å². The van der Waals surface area contributed by atoms with Gasteiger partial charge in [0, 0.05) is 30.8 Å². The molecular weight excluding hydrogens is 592 g/mol. The Morgan fingerprint density at radius 2 is 1.76 bits per heavy atom. The van der Waals surface area contributed by atoms with Crippen molar-refractivity contribution >= 4 is 34.8 Å². The highest BCUT2D eigenvalue weighted by Gasteiger charge is 2.22. The number of carbonyl (C=O) groups is 3. The number of H-pyrrole nitrogens is 2. The summed E-state index contributed by atoms with van der Waals surface area (Å²) in [6.45, 7) is 8.19. The lowest BCUT2D eigenvalue weighted by Gasteiger charge is -2.24.